The average molecular weight is 498 g/mol. The number of fused-ring (bicyclic) bond motifs is 1. The van der Waals surface area contributed by atoms with E-state index < -0.39 is 11.5 Å². The number of carbonyl (C=O) groups excluding carboxylic acids is 1. The number of thiazole rings is 1. The van der Waals surface area contributed by atoms with Crippen molar-refractivity contribution in [3.8, 4) is 11.5 Å². The van der Waals surface area contributed by atoms with E-state index in [9.17, 15) is 9.90 Å². The molecule has 34 heavy (non-hydrogen) atoms. The first-order chi connectivity index (χ1) is 16.5. The summed E-state index contributed by atoms with van der Waals surface area (Å²) in [5.74, 6) is 1.36. The second kappa shape index (κ2) is 8.53. The number of ether oxygens (including phenoxy) is 2. The van der Waals surface area contributed by atoms with Gasteiger partial charge in [0.1, 0.15) is 0 Å². The summed E-state index contributed by atoms with van der Waals surface area (Å²) in [4.78, 5) is 20.9. The van der Waals surface area contributed by atoms with Crippen LogP contribution in [0.5, 0.6) is 11.5 Å². The van der Waals surface area contributed by atoms with Crippen LogP contribution >= 0.6 is 22.9 Å². The van der Waals surface area contributed by atoms with E-state index in [4.69, 9.17) is 21.1 Å². The smallest absolute Gasteiger partial charge is 0.236 e. The van der Waals surface area contributed by atoms with Gasteiger partial charge < -0.3 is 19.9 Å². The van der Waals surface area contributed by atoms with Gasteiger partial charge in [-0.25, -0.2) is 4.98 Å². The lowest BCUT2D eigenvalue weighted by molar-refractivity contribution is -0.118. The Bertz CT molecular complexity index is 1240. The van der Waals surface area contributed by atoms with E-state index >= 15 is 0 Å². The summed E-state index contributed by atoms with van der Waals surface area (Å²) in [6, 6.07) is 13.2. The molecule has 3 aliphatic rings. The molecule has 1 saturated carbocycles. The fourth-order valence-corrected chi connectivity index (χ4v) is 6.04. The van der Waals surface area contributed by atoms with Crippen LogP contribution in [0.25, 0.3) is 0 Å². The number of amides is 1. The molecule has 3 aromatic rings. The second-order valence-corrected chi connectivity index (χ2v) is 10.6. The molecule has 2 aromatic carbocycles. The number of hydrogen-bond acceptors (Lipinski definition) is 7. The number of aliphatic hydroxyl groups excluding tert-OH is 1. The van der Waals surface area contributed by atoms with Crippen molar-refractivity contribution in [2.24, 2.45) is 0 Å². The topological polar surface area (TPSA) is 83.9 Å². The van der Waals surface area contributed by atoms with Gasteiger partial charge in [-0.15, -0.1) is 11.3 Å². The molecular formula is C25H24ClN3O4S. The average Bonchev–Trinajstić information content (AvgIpc) is 3.12. The molecule has 0 spiro atoms. The van der Waals surface area contributed by atoms with E-state index in [1.807, 2.05) is 42.5 Å². The van der Waals surface area contributed by atoms with Crippen molar-refractivity contribution in [3.05, 3.63) is 69.7 Å². The van der Waals surface area contributed by atoms with Crippen molar-refractivity contribution in [2.75, 3.05) is 18.7 Å². The van der Waals surface area contributed by atoms with Crippen LogP contribution in [0.15, 0.2) is 48.7 Å². The fourth-order valence-electron chi connectivity index (χ4n) is 4.96. The zero-order valence-corrected chi connectivity index (χ0v) is 19.9. The summed E-state index contributed by atoms with van der Waals surface area (Å²) < 4.78 is 10.9. The minimum atomic E-state index is -0.541. The lowest BCUT2D eigenvalue weighted by Crippen LogP contribution is -2.27. The fraction of sp³-hybridized carbons (Fsp3) is 0.360. The molecular weight excluding hydrogens is 474 g/mol. The van der Waals surface area contributed by atoms with Crippen LogP contribution in [0.3, 0.4) is 0 Å². The first kappa shape index (κ1) is 21.9. The van der Waals surface area contributed by atoms with Gasteiger partial charge in [0.2, 0.25) is 12.7 Å². The second-order valence-electron chi connectivity index (χ2n) is 9.03. The Kier molecular flexibility index (Phi) is 5.49. The molecule has 0 unspecified atom stereocenters. The summed E-state index contributed by atoms with van der Waals surface area (Å²) >= 11 is 7.89. The Labute approximate surface area is 206 Å². The summed E-state index contributed by atoms with van der Waals surface area (Å²) in [5, 5.41) is 14.9. The highest BCUT2D eigenvalue weighted by Crippen LogP contribution is 2.51. The predicted molar refractivity (Wildman–Crippen MR) is 129 cm³/mol. The van der Waals surface area contributed by atoms with Gasteiger partial charge in [-0.3, -0.25) is 9.69 Å². The molecule has 1 aliphatic carbocycles. The first-order valence-corrected chi connectivity index (χ1v) is 12.6. The maximum absolute atomic E-state index is 13.2. The Morgan fingerprint density at radius 1 is 1.24 bits per heavy atom. The van der Waals surface area contributed by atoms with E-state index in [-0.39, 0.29) is 18.7 Å². The maximum Gasteiger partial charge on any atom is 0.236 e. The van der Waals surface area contributed by atoms with Crippen molar-refractivity contribution in [1.29, 1.82) is 0 Å². The van der Waals surface area contributed by atoms with Crippen molar-refractivity contribution < 1.29 is 19.4 Å². The van der Waals surface area contributed by atoms with Gasteiger partial charge in [0.25, 0.3) is 0 Å². The number of anilines is 1. The summed E-state index contributed by atoms with van der Waals surface area (Å²) in [5.41, 5.74) is 1.34. The van der Waals surface area contributed by atoms with E-state index in [0.29, 0.717) is 34.6 Å². The highest BCUT2D eigenvalue weighted by atomic mass is 35.5. The Balaban J connectivity index is 1.15. The van der Waals surface area contributed by atoms with Crippen molar-refractivity contribution in [1.82, 2.24) is 9.88 Å². The number of nitrogens with one attached hydrogen (secondary N) is 1. The van der Waals surface area contributed by atoms with Crippen LogP contribution < -0.4 is 14.8 Å². The number of likely N-dealkylation sites (tertiary alicyclic amines) is 1. The normalized spacial score (nSPS) is 22.6. The first-order valence-electron chi connectivity index (χ1n) is 11.4. The Morgan fingerprint density at radius 3 is 2.88 bits per heavy atom. The van der Waals surface area contributed by atoms with E-state index in [1.165, 1.54) is 11.3 Å². The summed E-state index contributed by atoms with van der Waals surface area (Å²) in [6.07, 6.45) is 3.61. The van der Waals surface area contributed by atoms with Gasteiger partial charge in [0, 0.05) is 29.2 Å². The number of halogens is 1. The van der Waals surface area contributed by atoms with Crippen molar-refractivity contribution >= 4 is 34.0 Å². The number of rotatable bonds is 6. The molecule has 0 radical (unpaired) electrons. The lowest BCUT2D eigenvalue weighted by atomic mass is 9.94. The van der Waals surface area contributed by atoms with Crippen LogP contribution in [-0.2, 0) is 16.8 Å². The molecule has 3 heterocycles. The molecule has 2 fully saturated rings. The number of hydrogen-bond donors (Lipinski definition) is 2. The summed E-state index contributed by atoms with van der Waals surface area (Å²) in [7, 11) is 0. The number of nitrogens with zero attached hydrogens (tertiary/aromatic N) is 2. The van der Waals surface area contributed by atoms with Crippen LogP contribution in [0.1, 0.15) is 41.3 Å². The number of aliphatic hydroxyl groups is 1. The monoisotopic (exact) mass is 497 g/mol. The van der Waals surface area contributed by atoms with Crippen LogP contribution in [-0.4, -0.2) is 40.3 Å². The summed E-state index contributed by atoms with van der Waals surface area (Å²) in [6.45, 7) is 1.61. The van der Waals surface area contributed by atoms with Crippen LogP contribution in [0.4, 0.5) is 5.13 Å². The SMILES string of the molecule is O=C(Nc1ncc(CN2CC[C@H](O)[C@H]2c2ccccc2Cl)s1)C1(c2ccc3c(c2)OCO3)CC1. The van der Waals surface area contributed by atoms with Crippen molar-refractivity contribution in [3.63, 3.8) is 0 Å². The van der Waals surface area contributed by atoms with E-state index in [1.54, 1.807) is 6.20 Å². The molecule has 1 amide bonds. The molecule has 2 N–H and O–H groups in total. The third kappa shape index (κ3) is 3.84. The van der Waals surface area contributed by atoms with Gasteiger partial charge in [-0.1, -0.05) is 35.9 Å². The van der Waals surface area contributed by atoms with Gasteiger partial charge in [0.05, 0.1) is 17.6 Å². The molecule has 7 nitrogen and oxygen atoms in total. The van der Waals surface area contributed by atoms with Crippen molar-refractivity contribution in [2.45, 2.75) is 43.4 Å². The zero-order chi connectivity index (χ0) is 23.3. The van der Waals surface area contributed by atoms with Crippen LogP contribution in [0, 0.1) is 0 Å². The molecule has 0 bridgehead atoms. The number of aromatic nitrogens is 1. The molecule has 2 atom stereocenters. The Hall–Kier alpha value is -2.65. The van der Waals surface area contributed by atoms with Gasteiger partial charge in [-0.05, 0) is 48.6 Å². The predicted octanol–water partition coefficient (Wildman–Crippen LogP) is 4.50. The molecule has 9 heteroatoms. The zero-order valence-electron chi connectivity index (χ0n) is 18.4. The highest BCUT2D eigenvalue weighted by Gasteiger charge is 2.52. The standard InChI is InChI=1S/C25H24ClN3O4S/c26-18-4-2-1-3-17(18)22-19(30)7-10-29(22)13-16-12-27-24(34-16)28-23(31)25(8-9-25)15-5-6-20-21(11-15)33-14-32-20/h1-6,11-12,19,22,30H,7-10,13-14H2,(H,27,28,31)/t19-,22+/m0/s1. The largest absolute Gasteiger partial charge is 0.454 e. The number of benzene rings is 2. The highest BCUT2D eigenvalue weighted by molar-refractivity contribution is 7.15. The minimum absolute atomic E-state index is 0.0437. The minimum Gasteiger partial charge on any atom is -0.454 e. The number of carbonyl (C=O) groups is 1. The lowest BCUT2D eigenvalue weighted by Gasteiger charge is -2.26. The third-order valence-electron chi connectivity index (χ3n) is 6.94. The Morgan fingerprint density at radius 2 is 2.06 bits per heavy atom. The van der Waals surface area contributed by atoms with Gasteiger partial charge in [-0.2, -0.15) is 0 Å². The molecule has 176 valence electrons. The maximum atomic E-state index is 13.2. The van der Waals surface area contributed by atoms with E-state index in [0.717, 1.165) is 35.4 Å². The van der Waals surface area contributed by atoms with E-state index in [2.05, 4.69) is 15.2 Å². The molecule has 1 aromatic heterocycles. The van der Waals surface area contributed by atoms with Gasteiger partial charge in [0.15, 0.2) is 16.6 Å². The molecule has 1 saturated heterocycles. The third-order valence-corrected chi connectivity index (χ3v) is 8.18. The van der Waals surface area contributed by atoms with Gasteiger partial charge >= 0.3 is 0 Å². The molecule has 6 rings (SSSR count). The quantitative estimate of drug-likeness (QED) is 0.521. The molecule has 2 aliphatic heterocycles. The van der Waals surface area contributed by atoms with Crippen LogP contribution in [0.2, 0.25) is 5.02 Å².